The molecule has 7 heteroatoms. The summed E-state index contributed by atoms with van der Waals surface area (Å²) in [6.07, 6.45) is 1.42. The second-order valence-corrected chi connectivity index (χ2v) is 7.15. The third kappa shape index (κ3) is 3.74. The molecule has 0 N–H and O–H groups in total. The summed E-state index contributed by atoms with van der Waals surface area (Å²) < 4.78 is 45.9. The number of rotatable bonds is 5. The topological polar surface area (TPSA) is 46.6 Å². The van der Waals surface area contributed by atoms with Crippen LogP contribution in [0.4, 0.5) is 4.39 Å². The highest BCUT2D eigenvalue weighted by molar-refractivity contribution is 7.89. The number of sulfonamides is 1. The van der Waals surface area contributed by atoms with Crippen molar-refractivity contribution in [3.63, 3.8) is 0 Å². The van der Waals surface area contributed by atoms with E-state index in [4.69, 9.17) is 16.3 Å². The summed E-state index contributed by atoms with van der Waals surface area (Å²) in [5.41, 5.74) is 0.555. The summed E-state index contributed by atoms with van der Waals surface area (Å²) >= 11 is 5.62. The van der Waals surface area contributed by atoms with Crippen LogP contribution >= 0.6 is 11.6 Å². The quantitative estimate of drug-likeness (QED) is 0.777. The van der Waals surface area contributed by atoms with Gasteiger partial charge in [-0.3, -0.25) is 0 Å². The summed E-state index contributed by atoms with van der Waals surface area (Å²) in [6.45, 7) is 3.07. The SMILES string of the molecule is CCOC1CCCN(S(=O)(=O)c2ccc(CCl)cc2F)C1. The van der Waals surface area contributed by atoms with E-state index in [2.05, 4.69) is 0 Å². The summed E-state index contributed by atoms with van der Waals surface area (Å²) in [5.74, 6) is -0.611. The van der Waals surface area contributed by atoms with E-state index in [-0.39, 0.29) is 23.4 Å². The second-order valence-electron chi connectivity index (χ2n) is 4.98. The number of hydrogen-bond acceptors (Lipinski definition) is 3. The smallest absolute Gasteiger partial charge is 0.246 e. The minimum atomic E-state index is -3.83. The van der Waals surface area contributed by atoms with Crippen LogP contribution in [-0.2, 0) is 20.6 Å². The van der Waals surface area contributed by atoms with Crippen LogP contribution in [0.5, 0.6) is 0 Å². The van der Waals surface area contributed by atoms with Crippen LogP contribution in [0.15, 0.2) is 23.1 Å². The van der Waals surface area contributed by atoms with Crippen molar-refractivity contribution in [2.75, 3.05) is 19.7 Å². The van der Waals surface area contributed by atoms with E-state index in [9.17, 15) is 12.8 Å². The van der Waals surface area contributed by atoms with Gasteiger partial charge in [0, 0.05) is 25.6 Å². The predicted octanol–water partition coefficient (Wildman–Crippen LogP) is 2.75. The Bertz CT molecular complexity index is 592. The first-order valence-electron chi connectivity index (χ1n) is 6.95. The van der Waals surface area contributed by atoms with Gasteiger partial charge in [0.25, 0.3) is 0 Å². The Morgan fingerprint density at radius 2 is 2.24 bits per heavy atom. The number of alkyl halides is 1. The van der Waals surface area contributed by atoms with Gasteiger partial charge in [0.05, 0.1) is 6.10 Å². The van der Waals surface area contributed by atoms with E-state index in [0.717, 1.165) is 6.42 Å². The van der Waals surface area contributed by atoms with Crippen LogP contribution in [0.1, 0.15) is 25.3 Å². The molecule has 1 aromatic carbocycles. The zero-order valence-corrected chi connectivity index (χ0v) is 13.5. The Labute approximate surface area is 129 Å². The molecule has 0 radical (unpaired) electrons. The van der Waals surface area contributed by atoms with Gasteiger partial charge in [0.1, 0.15) is 10.7 Å². The van der Waals surface area contributed by atoms with E-state index < -0.39 is 15.8 Å². The van der Waals surface area contributed by atoms with Gasteiger partial charge < -0.3 is 4.74 Å². The van der Waals surface area contributed by atoms with E-state index in [1.807, 2.05) is 6.92 Å². The lowest BCUT2D eigenvalue weighted by atomic mass is 10.1. The molecular formula is C14H19ClFNO3S. The van der Waals surface area contributed by atoms with Gasteiger partial charge >= 0.3 is 0 Å². The van der Waals surface area contributed by atoms with Gasteiger partial charge in [0.2, 0.25) is 10.0 Å². The number of halogens is 2. The first kappa shape index (κ1) is 16.7. The summed E-state index contributed by atoms with van der Waals surface area (Å²) in [6, 6.07) is 3.99. The molecule has 0 amide bonds. The fourth-order valence-corrected chi connectivity index (χ4v) is 4.19. The number of nitrogens with zero attached hydrogens (tertiary/aromatic N) is 1. The van der Waals surface area contributed by atoms with Crippen LogP contribution in [0.3, 0.4) is 0 Å². The number of benzene rings is 1. The largest absolute Gasteiger partial charge is 0.377 e. The van der Waals surface area contributed by atoms with Crippen LogP contribution in [0.2, 0.25) is 0 Å². The highest BCUT2D eigenvalue weighted by Gasteiger charge is 2.32. The highest BCUT2D eigenvalue weighted by atomic mass is 35.5. The molecule has 1 unspecified atom stereocenters. The average molecular weight is 336 g/mol. The predicted molar refractivity (Wildman–Crippen MR) is 79.4 cm³/mol. The molecule has 1 aliphatic rings. The first-order chi connectivity index (χ1) is 9.98. The zero-order valence-electron chi connectivity index (χ0n) is 11.9. The molecule has 118 valence electrons. The Morgan fingerprint density at radius 1 is 1.48 bits per heavy atom. The van der Waals surface area contributed by atoms with Crippen molar-refractivity contribution in [2.45, 2.75) is 36.6 Å². The summed E-state index contributed by atoms with van der Waals surface area (Å²) in [4.78, 5) is -0.298. The van der Waals surface area contributed by atoms with E-state index >= 15 is 0 Å². The van der Waals surface area contributed by atoms with Crippen molar-refractivity contribution in [2.24, 2.45) is 0 Å². The minimum Gasteiger partial charge on any atom is -0.377 e. The lowest BCUT2D eigenvalue weighted by Gasteiger charge is -2.31. The van der Waals surface area contributed by atoms with Crippen LogP contribution in [-0.4, -0.2) is 38.5 Å². The second kappa shape index (κ2) is 7.05. The van der Waals surface area contributed by atoms with Crippen molar-refractivity contribution in [1.82, 2.24) is 4.31 Å². The third-order valence-electron chi connectivity index (χ3n) is 3.51. The average Bonchev–Trinajstić information content (AvgIpc) is 2.47. The van der Waals surface area contributed by atoms with Gasteiger partial charge in [-0.25, -0.2) is 12.8 Å². The van der Waals surface area contributed by atoms with Crippen molar-refractivity contribution < 1.29 is 17.5 Å². The zero-order chi connectivity index (χ0) is 15.5. The lowest BCUT2D eigenvalue weighted by molar-refractivity contribution is 0.0264. The van der Waals surface area contributed by atoms with Crippen LogP contribution < -0.4 is 0 Å². The van der Waals surface area contributed by atoms with Crippen LogP contribution in [0, 0.1) is 5.82 Å². The van der Waals surface area contributed by atoms with Crippen molar-refractivity contribution >= 4 is 21.6 Å². The fourth-order valence-electron chi connectivity index (χ4n) is 2.47. The Morgan fingerprint density at radius 3 is 2.86 bits per heavy atom. The molecule has 0 aromatic heterocycles. The normalized spacial score (nSPS) is 20.6. The Hall–Kier alpha value is -0.690. The molecule has 4 nitrogen and oxygen atoms in total. The molecule has 1 saturated heterocycles. The molecule has 1 fully saturated rings. The molecule has 0 saturated carbocycles. The molecule has 1 atom stereocenters. The molecule has 1 aromatic rings. The monoisotopic (exact) mass is 335 g/mol. The molecule has 0 aliphatic carbocycles. The van der Waals surface area contributed by atoms with Gasteiger partial charge in [-0.1, -0.05) is 6.07 Å². The Balaban J connectivity index is 2.25. The maximum atomic E-state index is 14.0. The third-order valence-corrected chi connectivity index (χ3v) is 5.72. The van der Waals surface area contributed by atoms with E-state index in [1.165, 1.54) is 22.5 Å². The number of ether oxygens (including phenoxy) is 1. The molecule has 2 rings (SSSR count). The molecule has 0 bridgehead atoms. The maximum Gasteiger partial charge on any atom is 0.246 e. The highest BCUT2D eigenvalue weighted by Crippen LogP contribution is 2.25. The Kier molecular flexibility index (Phi) is 5.60. The molecule has 1 heterocycles. The molecule has 21 heavy (non-hydrogen) atoms. The van der Waals surface area contributed by atoms with Crippen LogP contribution in [0.25, 0.3) is 0 Å². The number of hydrogen-bond donors (Lipinski definition) is 0. The maximum absolute atomic E-state index is 14.0. The first-order valence-corrected chi connectivity index (χ1v) is 8.92. The van der Waals surface area contributed by atoms with Gasteiger partial charge in [-0.15, -0.1) is 11.6 Å². The fraction of sp³-hybridized carbons (Fsp3) is 0.571. The number of piperidine rings is 1. The standard InChI is InChI=1S/C14H19ClFNO3S/c1-2-20-12-4-3-7-17(10-12)21(18,19)14-6-5-11(9-15)8-13(14)16/h5-6,8,12H,2-4,7,9-10H2,1H3. The van der Waals surface area contributed by atoms with Gasteiger partial charge in [0.15, 0.2) is 0 Å². The molecule has 1 aliphatic heterocycles. The molecular weight excluding hydrogens is 317 g/mol. The van der Waals surface area contributed by atoms with E-state index in [1.54, 1.807) is 0 Å². The van der Waals surface area contributed by atoms with Gasteiger partial charge in [-0.05, 0) is 37.5 Å². The van der Waals surface area contributed by atoms with Crippen molar-refractivity contribution in [1.29, 1.82) is 0 Å². The summed E-state index contributed by atoms with van der Waals surface area (Å²) in [7, 11) is -3.83. The lowest BCUT2D eigenvalue weighted by Crippen LogP contribution is -2.43. The van der Waals surface area contributed by atoms with E-state index in [0.29, 0.717) is 25.1 Å². The molecule has 0 spiro atoms. The summed E-state index contributed by atoms with van der Waals surface area (Å²) in [5, 5.41) is 0. The minimum absolute atomic E-state index is 0.122. The van der Waals surface area contributed by atoms with Gasteiger partial charge in [-0.2, -0.15) is 4.31 Å². The van der Waals surface area contributed by atoms with Crippen molar-refractivity contribution in [3.8, 4) is 0 Å². The van der Waals surface area contributed by atoms with Crippen molar-refractivity contribution in [3.05, 3.63) is 29.6 Å².